The number of rotatable bonds is 5. The summed E-state index contributed by atoms with van der Waals surface area (Å²) in [5, 5.41) is 7.43. The van der Waals surface area contributed by atoms with Gasteiger partial charge >= 0.3 is 0 Å². The van der Waals surface area contributed by atoms with Gasteiger partial charge in [-0.05, 0) is 31.5 Å². The smallest absolute Gasteiger partial charge is 0.267 e. The third kappa shape index (κ3) is 3.64. The quantitative estimate of drug-likeness (QED) is 0.888. The molecule has 0 aromatic carbocycles. The van der Waals surface area contributed by atoms with E-state index >= 15 is 0 Å². The molecule has 0 fully saturated rings. The van der Waals surface area contributed by atoms with Gasteiger partial charge in [-0.25, -0.2) is 9.67 Å². The molecule has 5 heteroatoms. The molecule has 1 N–H and O–H groups in total. The first-order valence-electron chi connectivity index (χ1n) is 6.43. The largest absolute Gasteiger partial charge is 0.370 e. The van der Waals surface area contributed by atoms with Crippen molar-refractivity contribution in [2.24, 2.45) is 0 Å². The van der Waals surface area contributed by atoms with Crippen molar-refractivity contribution in [3.8, 4) is 0 Å². The maximum absolute atomic E-state index is 11.7. The molecule has 0 unspecified atom stereocenters. The number of aromatic nitrogens is 3. The van der Waals surface area contributed by atoms with E-state index in [1.165, 1.54) is 10.7 Å². The van der Waals surface area contributed by atoms with Gasteiger partial charge in [0.15, 0.2) is 0 Å². The van der Waals surface area contributed by atoms with Crippen molar-refractivity contribution in [3.05, 3.63) is 52.1 Å². The normalized spacial score (nSPS) is 10.4. The molecule has 19 heavy (non-hydrogen) atoms. The Hall–Kier alpha value is -2.17. The monoisotopic (exact) mass is 258 g/mol. The van der Waals surface area contributed by atoms with Crippen molar-refractivity contribution in [1.82, 2.24) is 14.8 Å². The molecular weight excluding hydrogens is 240 g/mol. The second kappa shape index (κ2) is 6.13. The topological polar surface area (TPSA) is 59.8 Å². The molecule has 2 rings (SSSR count). The lowest BCUT2D eigenvalue weighted by molar-refractivity contribution is 0.618. The Morgan fingerprint density at radius 1 is 1.26 bits per heavy atom. The molecule has 2 heterocycles. The Morgan fingerprint density at radius 3 is 2.89 bits per heavy atom. The highest BCUT2D eigenvalue weighted by Gasteiger charge is 2.02. The molecule has 0 aliphatic rings. The second-order valence-corrected chi connectivity index (χ2v) is 4.41. The standard InChI is InChI=1S/C14H18N4O/c1-3-9-15-13-6-4-5-12(16-13)10-18-14(19)8-7-11(2)17-18/h4-8H,3,9-10H2,1-2H3,(H,15,16). The van der Waals surface area contributed by atoms with Crippen molar-refractivity contribution >= 4 is 5.82 Å². The van der Waals surface area contributed by atoms with Crippen molar-refractivity contribution in [2.75, 3.05) is 11.9 Å². The Morgan fingerprint density at radius 2 is 2.11 bits per heavy atom. The van der Waals surface area contributed by atoms with E-state index in [1.54, 1.807) is 6.07 Å². The Balaban J connectivity index is 2.18. The van der Waals surface area contributed by atoms with Crippen LogP contribution in [0.15, 0.2) is 35.1 Å². The fourth-order valence-electron chi connectivity index (χ4n) is 1.74. The summed E-state index contributed by atoms with van der Waals surface area (Å²) in [4.78, 5) is 16.2. The molecule has 0 saturated heterocycles. The van der Waals surface area contributed by atoms with Crippen LogP contribution >= 0.6 is 0 Å². The molecule has 0 atom stereocenters. The molecule has 2 aromatic rings. The SMILES string of the molecule is CCCNc1cccc(Cn2nc(C)ccc2=O)n1. The fourth-order valence-corrected chi connectivity index (χ4v) is 1.74. The number of aryl methyl sites for hydroxylation is 1. The molecule has 5 nitrogen and oxygen atoms in total. The van der Waals surface area contributed by atoms with Crippen LogP contribution in [0.4, 0.5) is 5.82 Å². The van der Waals surface area contributed by atoms with E-state index < -0.39 is 0 Å². The molecule has 0 aliphatic carbocycles. The number of pyridine rings is 1. The van der Waals surface area contributed by atoms with Crippen molar-refractivity contribution in [2.45, 2.75) is 26.8 Å². The first kappa shape index (κ1) is 13.3. The Bertz CT molecular complexity index is 606. The Kier molecular flexibility index (Phi) is 4.28. The summed E-state index contributed by atoms with van der Waals surface area (Å²) in [5.41, 5.74) is 1.53. The van der Waals surface area contributed by atoms with Gasteiger partial charge in [0.2, 0.25) is 0 Å². The van der Waals surface area contributed by atoms with Gasteiger partial charge in [-0.3, -0.25) is 4.79 Å². The molecule has 0 aliphatic heterocycles. The van der Waals surface area contributed by atoms with Crippen LogP contribution < -0.4 is 10.9 Å². The first-order chi connectivity index (χ1) is 9.19. The van der Waals surface area contributed by atoms with Crippen LogP contribution in [0.25, 0.3) is 0 Å². The molecule has 0 bridgehead atoms. The summed E-state index contributed by atoms with van der Waals surface area (Å²) in [7, 11) is 0. The van der Waals surface area contributed by atoms with Gasteiger partial charge in [-0.15, -0.1) is 0 Å². The van der Waals surface area contributed by atoms with E-state index in [0.29, 0.717) is 6.54 Å². The van der Waals surface area contributed by atoms with Crippen LogP contribution in [0.3, 0.4) is 0 Å². The van der Waals surface area contributed by atoms with Crippen molar-refractivity contribution in [3.63, 3.8) is 0 Å². The third-order valence-corrected chi connectivity index (χ3v) is 2.67. The number of nitrogens with one attached hydrogen (secondary N) is 1. The summed E-state index contributed by atoms with van der Waals surface area (Å²) in [6.07, 6.45) is 1.05. The summed E-state index contributed by atoms with van der Waals surface area (Å²) >= 11 is 0. The second-order valence-electron chi connectivity index (χ2n) is 4.41. The minimum Gasteiger partial charge on any atom is -0.370 e. The van der Waals surface area contributed by atoms with Crippen LogP contribution in [0.1, 0.15) is 24.7 Å². The predicted molar refractivity (Wildman–Crippen MR) is 75.4 cm³/mol. The van der Waals surface area contributed by atoms with E-state index in [9.17, 15) is 4.79 Å². The molecule has 0 amide bonds. The molecule has 0 radical (unpaired) electrons. The van der Waals surface area contributed by atoms with Crippen LogP contribution in [0.2, 0.25) is 0 Å². The van der Waals surface area contributed by atoms with Crippen molar-refractivity contribution < 1.29 is 0 Å². The maximum Gasteiger partial charge on any atom is 0.267 e. The lowest BCUT2D eigenvalue weighted by atomic mass is 10.3. The zero-order valence-corrected chi connectivity index (χ0v) is 11.3. The van der Waals surface area contributed by atoms with Gasteiger partial charge in [0.1, 0.15) is 5.82 Å². The lowest BCUT2D eigenvalue weighted by Gasteiger charge is -2.07. The van der Waals surface area contributed by atoms with Gasteiger partial charge in [0.05, 0.1) is 17.9 Å². The van der Waals surface area contributed by atoms with Gasteiger partial charge in [0, 0.05) is 12.6 Å². The van der Waals surface area contributed by atoms with Crippen LogP contribution in [0.5, 0.6) is 0 Å². The molecule has 0 saturated carbocycles. The number of hydrogen-bond donors (Lipinski definition) is 1. The summed E-state index contributed by atoms with van der Waals surface area (Å²) in [6.45, 7) is 5.25. The fraction of sp³-hybridized carbons (Fsp3) is 0.357. The Labute approximate surface area is 112 Å². The maximum atomic E-state index is 11.7. The van der Waals surface area contributed by atoms with Crippen LogP contribution in [-0.4, -0.2) is 21.3 Å². The molecule has 0 spiro atoms. The molecule has 100 valence electrons. The lowest BCUT2D eigenvalue weighted by Crippen LogP contribution is -2.23. The highest BCUT2D eigenvalue weighted by atomic mass is 16.1. The minimum absolute atomic E-state index is 0.112. The summed E-state index contributed by atoms with van der Waals surface area (Å²) in [5.74, 6) is 0.833. The van der Waals surface area contributed by atoms with Gasteiger partial charge in [-0.2, -0.15) is 5.10 Å². The summed E-state index contributed by atoms with van der Waals surface area (Å²) < 4.78 is 1.43. The number of nitrogens with zero attached hydrogens (tertiary/aromatic N) is 3. The number of anilines is 1. The van der Waals surface area contributed by atoms with Gasteiger partial charge < -0.3 is 5.32 Å². The van der Waals surface area contributed by atoms with Crippen molar-refractivity contribution in [1.29, 1.82) is 0 Å². The average Bonchev–Trinajstić information content (AvgIpc) is 2.41. The van der Waals surface area contributed by atoms with Crippen LogP contribution in [0, 0.1) is 6.92 Å². The van der Waals surface area contributed by atoms with E-state index in [1.807, 2.05) is 25.1 Å². The van der Waals surface area contributed by atoms with Crippen LogP contribution in [-0.2, 0) is 6.54 Å². The zero-order valence-electron chi connectivity index (χ0n) is 11.3. The minimum atomic E-state index is -0.112. The summed E-state index contributed by atoms with van der Waals surface area (Å²) in [6, 6.07) is 8.99. The average molecular weight is 258 g/mol. The van der Waals surface area contributed by atoms with E-state index in [4.69, 9.17) is 0 Å². The van der Waals surface area contributed by atoms with E-state index in [2.05, 4.69) is 22.3 Å². The third-order valence-electron chi connectivity index (χ3n) is 2.67. The molecular formula is C14H18N4O. The number of hydrogen-bond acceptors (Lipinski definition) is 4. The molecule has 2 aromatic heterocycles. The zero-order chi connectivity index (χ0) is 13.7. The van der Waals surface area contributed by atoms with E-state index in [0.717, 1.165) is 30.2 Å². The van der Waals surface area contributed by atoms with Gasteiger partial charge in [0.25, 0.3) is 5.56 Å². The predicted octanol–water partition coefficient (Wildman–Crippen LogP) is 1.82. The first-order valence-corrected chi connectivity index (χ1v) is 6.43. The highest BCUT2D eigenvalue weighted by Crippen LogP contribution is 2.05. The van der Waals surface area contributed by atoms with E-state index in [-0.39, 0.29) is 5.56 Å². The van der Waals surface area contributed by atoms with Gasteiger partial charge in [-0.1, -0.05) is 13.0 Å². The highest BCUT2D eigenvalue weighted by molar-refractivity contribution is 5.35.